The molecule has 0 bridgehead atoms. The number of carbonyl (C=O) groups excluding carboxylic acids is 2. The Bertz CT molecular complexity index is 864. The standard InChI is InChI=1S/C27H36N4O2/c1-20-5-3-15-30(18-20)26(32)28-24-11-7-22(8-12-24)17-23-9-13-25(14-10-23)29-27(33)31-16-4-6-21(2)19-31/h7-14,20-21H,3-6,15-19H2,1-2H3,(H,28,32)(H,29,33)/t20-,21-/m1/s1. The molecule has 2 aliphatic rings. The number of carbonyl (C=O) groups is 2. The molecule has 0 spiro atoms. The molecule has 6 nitrogen and oxygen atoms in total. The van der Waals surface area contributed by atoms with Crippen molar-refractivity contribution in [1.82, 2.24) is 9.80 Å². The number of nitrogens with one attached hydrogen (secondary N) is 2. The molecule has 2 aromatic carbocycles. The lowest BCUT2D eigenvalue weighted by Gasteiger charge is -2.31. The van der Waals surface area contributed by atoms with E-state index >= 15 is 0 Å². The van der Waals surface area contributed by atoms with Crippen LogP contribution in [0.1, 0.15) is 50.7 Å². The molecule has 0 aromatic heterocycles. The third-order valence-electron chi connectivity index (χ3n) is 6.71. The molecule has 176 valence electrons. The lowest BCUT2D eigenvalue weighted by molar-refractivity contribution is 0.182. The first-order valence-electron chi connectivity index (χ1n) is 12.3. The zero-order valence-corrected chi connectivity index (χ0v) is 19.8. The molecule has 2 fully saturated rings. The van der Waals surface area contributed by atoms with Gasteiger partial charge in [0.25, 0.3) is 0 Å². The van der Waals surface area contributed by atoms with E-state index in [-0.39, 0.29) is 12.1 Å². The topological polar surface area (TPSA) is 64.7 Å². The number of likely N-dealkylation sites (tertiary alicyclic amines) is 2. The van der Waals surface area contributed by atoms with E-state index in [1.54, 1.807) is 0 Å². The Morgan fingerprint density at radius 2 is 1.12 bits per heavy atom. The highest BCUT2D eigenvalue weighted by Crippen LogP contribution is 2.20. The number of piperidine rings is 2. The van der Waals surface area contributed by atoms with E-state index in [4.69, 9.17) is 0 Å². The quantitative estimate of drug-likeness (QED) is 0.620. The summed E-state index contributed by atoms with van der Waals surface area (Å²) in [5.74, 6) is 1.14. The van der Waals surface area contributed by atoms with Crippen LogP contribution in [-0.4, -0.2) is 48.0 Å². The second kappa shape index (κ2) is 10.7. The normalized spacial score (nSPS) is 20.9. The molecule has 2 atom stereocenters. The highest BCUT2D eigenvalue weighted by Gasteiger charge is 2.21. The molecule has 0 unspecified atom stereocenters. The molecule has 0 aliphatic carbocycles. The largest absolute Gasteiger partial charge is 0.324 e. The number of urea groups is 2. The van der Waals surface area contributed by atoms with Gasteiger partial charge >= 0.3 is 12.1 Å². The maximum atomic E-state index is 12.5. The zero-order chi connectivity index (χ0) is 23.2. The summed E-state index contributed by atoms with van der Waals surface area (Å²) in [6.07, 6.45) is 5.35. The molecule has 4 rings (SSSR count). The average Bonchev–Trinajstić information content (AvgIpc) is 2.81. The van der Waals surface area contributed by atoms with Crippen molar-refractivity contribution in [3.8, 4) is 0 Å². The summed E-state index contributed by atoms with van der Waals surface area (Å²) in [6.45, 7) is 7.73. The molecule has 4 amide bonds. The molecule has 2 aliphatic heterocycles. The summed E-state index contributed by atoms with van der Waals surface area (Å²) in [4.78, 5) is 28.8. The van der Waals surface area contributed by atoms with Gasteiger partial charge in [0.15, 0.2) is 0 Å². The van der Waals surface area contributed by atoms with Crippen molar-refractivity contribution in [1.29, 1.82) is 0 Å². The maximum Gasteiger partial charge on any atom is 0.321 e. The van der Waals surface area contributed by atoms with Crippen LogP contribution >= 0.6 is 0 Å². The Labute approximate surface area is 197 Å². The number of hydrogen-bond acceptors (Lipinski definition) is 2. The molecule has 2 heterocycles. The molecule has 2 saturated heterocycles. The second-order valence-corrected chi connectivity index (χ2v) is 9.82. The third kappa shape index (κ3) is 6.50. The van der Waals surface area contributed by atoms with E-state index in [0.717, 1.165) is 56.8 Å². The SMILES string of the molecule is C[C@@H]1CCCN(C(=O)Nc2ccc(Cc3ccc(NC(=O)N4CCC[C@@H](C)C4)cc3)cc2)C1. The number of amides is 4. The van der Waals surface area contributed by atoms with Gasteiger partial charge in [0.2, 0.25) is 0 Å². The molecule has 0 saturated carbocycles. The predicted octanol–water partition coefficient (Wildman–Crippen LogP) is 5.81. The summed E-state index contributed by atoms with van der Waals surface area (Å²) in [6, 6.07) is 16.1. The van der Waals surface area contributed by atoms with Crippen molar-refractivity contribution in [3.05, 3.63) is 59.7 Å². The molecule has 33 heavy (non-hydrogen) atoms. The van der Waals surface area contributed by atoms with Gasteiger partial charge in [-0.05, 0) is 79.3 Å². The third-order valence-corrected chi connectivity index (χ3v) is 6.71. The summed E-state index contributed by atoms with van der Waals surface area (Å²) in [5, 5.41) is 6.04. The van der Waals surface area contributed by atoms with Crippen LogP contribution in [0.4, 0.5) is 21.0 Å². The van der Waals surface area contributed by atoms with E-state index in [1.165, 1.54) is 24.0 Å². The number of nitrogens with zero attached hydrogens (tertiary/aromatic N) is 2. The minimum atomic E-state index is -0.00838. The minimum Gasteiger partial charge on any atom is -0.324 e. The number of hydrogen-bond donors (Lipinski definition) is 2. The van der Waals surface area contributed by atoms with Gasteiger partial charge in [0, 0.05) is 37.6 Å². The molecular formula is C27H36N4O2. The number of anilines is 2. The molecular weight excluding hydrogens is 412 g/mol. The monoisotopic (exact) mass is 448 g/mol. The zero-order valence-electron chi connectivity index (χ0n) is 19.8. The van der Waals surface area contributed by atoms with Gasteiger partial charge in [-0.15, -0.1) is 0 Å². The fourth-order valence-corrected chi connectivity index (χ4v) is 4.80. The molecule has 2 N–H and O–H groups in total. The minimum absolute atomic E-state index is 0.00838. The van der Waals surface area contributed by atoms with Crippen molar-refractivity contribution in [2.75, 3.05) is 36.8 Å². The first-order chi connectivity index (χ1) is 16.0. The summed E-state index contributed by atoms with van der Waals surface area (Å²) >= 11 is 0. The Morgan fingerprint density at radius 1 is 0.727 bits per heavy atom. The van der Waals surface area contributed by atoms with Crippen molar-refractivity contribution in [2.24, 2.45) is 11.8 Å². The van der Waals surface area contributed by atoms with Crippen LogP contribution in [0.25, 0.3) is 0 Å². The Kier molecular flexibility index (Phi) is 7.53. The number of benzene rings is 2. The average molecular weight is 449 g/mol. The van der Waals surface area contributed by atoms with Gasteiger partial charge in [-0.3, -0.25) is 0 Å². The Balaban J connectivity index is 1.27. The van der Waals surface area contributed by atoms with Crippen molar-refractivity contribution in [3.63, 3.8) is 0 Å². The highest BCUT2D eigenvalue weighted by molar-refractivity contribution is 5.90. The second-order valence-electron chi connectivity index (χ2n) is 9.82. The molecule has 6 heteroatoms. The van der Waals surface area contributed by atoms with Gasteiger partial charge in [-0.1, -0.05) is 38.1 Å². The summed E-state index contributed by atoms with van der Waals surface area (Å²) in [7, 11) is 0. The van der Waals surface area contributed by atoms with Gasteiger partial charge < -0.3 is 20.4 Å². The molecule has 0 radical (unpaired) electrons. The fourth-order valence-electron chi connectivity index (χ4n) is 4.80. The van der Waals surface area contributed by atoms with Crippen LogP contribution < -0.4 is 10.6 Å². The predicted molar refractivity (Wildman–Crippen MR) is 134 cm³/mol. The van der Waals surface area contributed by atoms with Crippen LogP contribution in [0.15, 0.2) is 48.5 Å². The summed E-state index contributed by atoms with van der Waals surface area (Å²) in [5.41, 5.74) is 4.01. The Morgan fingerprint density at radius 3 is 1.48 bits per heavy atom. The van der Waals surface area contributed by atoms with Crippen LogP contribution in [0, 0.1) is 11.8 Å². The van der Waals surface area contributed by atoms with Gasteiger partial charge in [-0.25, -0.2) is 9.59 Å². The lowest BCUT2D eigenvalue weighted by Crippen LogP contribution is -2.41. The van der Waals surface area contributed by atoms with Crippen molar-refractivity contribution in [2.45, 2.75) is 46.0 Å². The molecule has 2 aromatic rings. The van der Waals surface area contributed by atoms with E-state index in [1.807, 2.05) is 34.1 Å². The van der Waals surface area contributed by atoms with E-state index < -0.39 is 0 Å². The highest BCUT2D eigenvalue weighted by atomic mass is 16.2. The van der Waals surface area contributed by atoms with Gasteiger partial charge in [0.1, 0.15) is 0 Å². The van der Waals surface area contributed by atoms with Crippen LogP contribution in [0.3, 0.4) is 0 Å². The van der Waals surface area contributed by atoms with E-state index in [0.29, 0.717) is 11.8 Å². The van der Waals surface area contributed by atoms with E-state index in [9.17, 15) is 9.59 Å². The van der Waals surface area contributed by atoms with Gasteiger partial charge in [0.05, 0.1) is 0 Å². The first-order valence-corrected chi connectivity index (χ1v) is 12.3. The van der Waals surface area contributed by atoms with Crippen LogP contribution in [0.5, 0.6) is 0 Å². The number of rotatable bonds is 4. The van der Waals surface area contributed by atoms with Gasteiger partial charge in [-0.2, -0.15) is 0 Å². The maximum absolute atomic E-state index is 12.5. The van der Waals surface area contributed by atoms with Crippen molar-refractivity contribution < 1.29 is 9.59 Å². The van der Waals surface area contributed by atoms with Crippen LogP contribution in [0.2, 0.25) is 0 Å². The Hall–Kier alpha value is -3.02. The first kappa shape index (κ1) is 23.1. The summed E-state index contributed by atoms with van der Waals surface area (Å²) < 4.78 is 0. The smallest absolute Gasteiger partial charge is 0.321 e. The van der Waals surface area contributed by atoms with Crippen LogP contribution in [-0.2, 0) is 6.42 Å². The van der Waals surface area contributed by atoms with Crippen molar-refractivity contribution >= 4 is 23.4 Å². The van der Waals surface area contributed by atoms with E-state index in [2.05, 4.69) is 48.7 Å². The fraction of sp³-hybridized carbons (Fsp3) is 0.481. The lowest BCUT2D eigenvalue weighted by atomic mass is 10.0.